The summed E-state index contributed by atoms with van der Waals surface area (Å²) in [5.74, 6) is 3.76. The molecule has 1 saturated heterocycles. The molecule has 1 saturated carbocycles. The van der Waals surface area contributed by atoms with E-state index >= 15 is 0 Å². The minimum atomic E-state index is 0.219. The van der Waals surface area contributed by atoms with Crippen LogP contribution in [0, 0.1) is 0 Å². The molecule has 0 unspecified atom stereocenters. The Kier molecular flexibility index (Phi) is 3.57. The van der Waals surface area contributed by atoms with Crippen molar-refractivity contribution in [3.05, 3.63) is 11.9 Å². The van der Waals surface area contributed by atoms with Gasteiger partial charge in [-0.15, -0.1) is 0 Å². The van der Waals surface area contributed by atoms with Crippen LogP contribution in [0.15, 0.2) is 6.07 Å². The molecule has 0 radical (unpaired) electrons. The summed E-state index contributed by atoms with van der Waals surface area (Å²) in [4.78, 5) is 12.0. The van der Waals surface area contributed by atoms with Gasteiger partial charge < -0.3 is 10.2 Å². The number of aromatic nitrogens is 2. The highest BCUT2D eigenvalue weighted by Crippen LogP contribution is 2.40. The maximum absolute atomic E-state index is 4.86. The van der Waals surface area contributed by atoms with Crippen molar-refractivity contribution in [2.24, 2.45) is 0 Å². The Bertz CT molecular complexity index is 479. The van der Waals surface area contributed by atoms with Crippen molar-refractivity contribution in [3.8, 4) is 0 Å². The monoisotopic (exact) mass is 274 g/mol. The van der Waals surface area contributed by atoms with Crippen molar-refractivity contribution >= 4 is 11.6 Å². The Morgan fingerprint density at radius 2 is 2.15 bits per heavy atom. The zero-order chi connectivity index (χ0) is 14.2. The van der Waals surface area contributed by atoms with Crippen LogP contribution in [-0.4, -0.2) is 28.6 Å². The highest BCUT2D eigenvalue weighted by molar-refractivity contribution is 5.52. The molecule has 0 spiro atoms. The van der Waals surface area contributed by atoms with Gasteiger partial charge in [-0.2, -0.15) is 0 Å². The second-order valence-corrected chi connectivity index (χ2v) is 6.74. The summed E-state index contributed by atoms with van der Waals surface area (Å²) in [6, 6.07) is 2.13. The first kappa shape index (κ1) is 13.7. The van der Waals surface area contributed by atoms with E-state index in [4.69, 9.17) is 9.97 Å². The highest BCUT2D eigenvalue weighted by Gasteiger charge is 2.34. The Hall–Kier alpha value is -1.32. The van der Waals surface area contributed by atoms with Crippen molar-refractivity contribution < 1.29 is 0 Å². The first-order valence-corrected chi connectivity index (χ1v) is 8.00. The third-order valence-electron chi connectivity index (χ3n) is 4.41. The predicted molar refractivity (Wildman–Crippen MR) is 83.4 cm³/mol. The van der Waals surface area contributed by atoms with Crippen molar-refractivity contribution in [2.45, 2.75) is 64.3 Å². The van der Waals surface area contributed by atoms with Crippen molar-refractivity contribution in [3.63, 3.8) is 0 Å². The Morgan fingerprint density at radius 3 is 2.75 bits per heavy atom. The minimum Gasteiger partial charge on any atom is -0.370 e. The lowest BCUT2D eigenvalue weighted by molar-refractivity contribution is 0.513. The smallest absolute Gasteiger partial charge is 0.136 e. The first-order chi connectivity index (χ1) is 9.60. The second-order valence-electron chi connectivity index (χ2n) is 6.74. The van der Waals surface area contributed by atoms with Gasteiger partial charge in [-0.3, -0.25) is 0 Å². The molecule has 4 heteroatoms. The molecule has 0 aromatic carbocycles. The van der Waals surface area contributed by atoms with E-state index in [1.807, 2.05) is 0 Å². The zero-order valence-electron chi connectivity index (χ0n) is 12.9. The fourth-order valence-corrected chi connectivity index (χ4v) is 2.99. The summed E-state index contributed by atoms with van der Waals surface area (Å²) in [6.07, 6.45) is 6.12. The molecular weight excluding hydrogens is 248 g/mol. The number of hydrogen-bond donors (Lipinski definition) is 1. The molecule has 2 aliphatic rings. The molecule has 0 bridgehead atoms. The Balaban J connectivity index is 1.90. The second kappa shape index (κ2) is 5.23. The minimum absolute atomic E-state index is 0.219. The van der Waals surface area contributed by atoms with Gasteiger partial charge in [0.25, 0.3) is 0 Å². The van der Waals surface area contributed by atoms with E-state index in [2.05, 4.69) is 37.1 Å². The van der Waals surface area contributed by atoms with Crippen LogP contribution in [0.5, 0.6) is 0 Å². The molecular formula is C16H26N4. The van der Waals surface area contributed by atoms with Gasteiger partial charge in [-0.1, -0.05) is 6.92 Å². The lowest BCUT2D eigenvalue weighted by Crippen LogP contribution is -2.38. The van der Waals surface area contributed by atoms with E-state index in [0.29, 0.717) is 5.92 Å². The first-order valence-electron chi connectivity index (χ1n) is 8.00. The molecule has 1 aliphatic carbocycles. The van der Waals surface area contributed by atoms with Crippen LogP contribution in [0.3, 0.4) is 0 Å². The largest absolute Gasteiger partial charge is 0.370 e. The van der Waals surface area contributed by atoms with Gasteiger partial charge in [0.15, 0.2) is 0 Å². The molecule has 3 rings (SSSR count). The van der Waals surface area contributed by atoms with E-state index in [1.54, 1.807) is 0 Å². The van der Waals surface area contributed by atoms with Crippen LogP contribution in [0.4, 0.5) is 11.6 Å². The third-order valence-corrected chi connectivity index (χ3v) is 4.41. The standard InChI is InChI=1S/C16H26N4/c1-4-9-17-13-11-14(19-15(18-13)12-6-7-12)20-10-5-8-16(20,2)3/h11-12H,4-10H2,1-3H3,(H,17,18,19). The number of anilines is 2. The van der Waals surface area contributed by atoms with Crippen LogP contribution >= 0.6 is 0 Å². The summed E-state index contributed by atoms with van der Waals surface area (Å²) in [6.45, 7) is 8.90. The van der Waals surface area contributed by atoms with Crippen molar-refractivity contribution in [2.75, 3.05) is 23.3 Å². The molecule has 0 amide bonds. The Morgan fingerprint density at radius 1 is 1.35 bits per heavy atom. The number of hydrogen-bond acceptors (Lipinski definition) is 4. The van der Waals surface area contributed by atoms with Gasteiger partial charge in [-0.25, -0.2) is 9.97 Å². The molecule has 1 N–H and O–H groups in total. The quantitative estimate of drug-likeness (QED) is 0.891. The van der Waals surface area contributed by atoms with Crippen LogP contribution in [0.2, 0.25) is 0 Å². The van der Waals surface area contributed by atoms with E-state index < -0.39 is 0 Å². The average Bonchev–Trinajstić information content (AvgIpc) is 3.20. The fraction of sp³-hybridized carbons (Fsp3) is 0.750. The normalized spacial score (nSPS) is 21.2. The van der Waals surface area contributed by atoms with Crippen molar-refractivity contribution in [1.82, 2.24) is 9.97 Å². The molecule has 4 nitrogen and oxygen atoms in total. The number of rotatable bonds is 5. The summed E-state index contributed by atoms with van der Waals surface area (Å²) in [7, 11) is 0. The predicted octanol–water partition coefficient (Wildman–Crippen LogP) is 3.55. The molecule has 0 atom stereocenters. The molecule has 1 aromatic rings. The summed E-state index contributed by atoms with van der Waals surface area (Å²) < 4.78 is 0. The van der Waals surface area contributed by atoms with Gasteiger partial charge in [0.1, 0.15) is 17.5 Å². The fourth-order valence-electron chi connectivity index (χ4n) is 2.99. The van der Waals surface area contributed by atoms with Crippen LogP contribution in [-0.2, 0) is 0 Å². The molecule has 2 fully saturated rings. The van der Waals surface area contributed by atoms with Crippen LogP contribution in [0.1, 0.15) is 64.6 Å². The van der Waals surface area contributed by atoms with Gasteiger partial charge >= 0.3 is 0 Å². The van der Waals surface area contributed by atoms with Crippen molar-refractivity contribution in [1.29, 1.82) is 0 Å². The summed E-state index contributed by atoms with van der Waals surface area (Å²) in [5, 5.41) is 3.43. The number of nitrogens with zero attached hydrogens (tertiary/aromatic N) is 3. The molecule has 110 valence electrons. The number of nitrogens with one attached hydrogen (secondary N) is 1. The third kappa shape index (κ3) is 2.74. The molecule has 1 aromatic heterocycles. The van der Waals surface area contributed by atoms with Gasteiger partial charge in [0.05, 0.1) is 0 Å². The van der Waals surface area contributed by atoms with E-state index in [0.717, 1.165) is 37.0 Å². The Labute approximate surface area is 122 Å². The highest BCUT2D eigenvalue weighted by atomic mass is 15.3. The van der Waals surface area contributed by atoms with E-state index in [1.165, 1.54) is 25.7 Å². The molecule has 1 aliphatic heterocycles. The lowest BCUT2D eigenvalue weighted by atomic mass is 10.0. The maximum Gasteiger partial charge on any atom is 0.136 e. The van der Waals surface area contributed by atoms with Gasteiger partial charge in [-0.05, 0) is 46.0 Å². The summed E-state index contributed by atoms with van der Waals surface area (Å²) >= 11 is 0. The summed E-state index contributed by atoms with van der Waals surface area (Å²) in [5.41, 5.74) is 0.219. The average molecular weight is 274 g/mol. The van der Waals surface area contributed by atoms with Gasteiger partial charge in [0.2, 0.25) is 0 Å². The van der Waals surface area contributed by atoms with E-state index in [-0.39, 0.29) is 5.54 Å². The molecule has 20 heavy (non-hydrogen) atoms. The topological polar surface area (TPSA) is 41.0 Å². The zero-order valence-corrected chi connectivity index (χ0v) is 12.9. The SMILES string of the molecule is CCCNc1cc(N2CCCC2(C)C)nc(C2CC2)n1. The molecule has 2 heterocycles. The maximum atomic E-state index is 4.86. The van der Waals surface area contributed by atoms with Gasteiger partial charge in [0, 0.05) is 30.6 Å². The lowest BCUT2D eigenvalue weighted by Gasteiger charge is -2.33. The van der Waals surface area contributed by atoms with Crippen LogP contribution in [0.25, 0.3) is 0 Å². The van der Waals surface area contributed by atoms with Crippen LogP contribution < -0.4 is 10.2 Å². The van der Waals surface area contributed by atoms with E-state index in [9.17, 15) is 0 Å².